The highest BCUT2D eigenvalue weighted by molar-refractivity contribution is 5.76. The summed E-state index contributed by atoms with van der Waals surface area (Å²) in [6.45, 7) is 6.32. The Morgan fingerprint density at radius 2 is 2.24 bits per heavy atom. The molecule has 0 fully saturated rings. The molecule has 0 saturated heterocycles. The van der Waals surface area contributed by atoms with Crippen LogP contribution in [0, 0.1) is 5.92 Å². The van der Waals surface area contributed by atoms with Crippen LogP contribution in [0.25, 0.3) is 0 Å². The SMILES string of the molecule is C[C@@H]1CN([C@H](C)CO)C(=O)CCCn2cc(nn2)CO[C@H]1CN(C)C. The van der Waals surface area contributed by atoms with Gasteiger partial charge in [0, 0.05) is 32.0 Å². The van der Waals surface area contributed by atoms with Crippen LogP contribution >= 0.6 is 0 Å². The van der Waals surface area contributed by atoms with Gasteiger partial charge >= 0.3 is 0 Å². The van der Waals surface area contributed by atoms with E-state index in [1.54, 1.807) is 9.58 Å². The molecule has 0 radical (unpaired) electrons. The molecule has 0 aliphatic carbocycles. The van der Waals surface area contributed by atoms with Crippen LogP contribution in [0.15, 0.2) is 6.20 Å². The Bertz CT molecular complexity index is 548. The number of hydrogen-bond donors (Lipinski definition) is 1. The molecule has 142 valence electrons. The molecule has 1 aliphatic heterocycles. The van der Waals surface area contributed by atoms with Crippen molar-refractivity contribution >= 4 is 5.91 Å². The van der Waals surface area contributed by atoms with E-state index in [4.69, 9.17) is 4.74 Å². The van der Waals surface area contributed by atoms with Crippen molar-refractivity contribution in [2.24, 2.45) is 5.92 Å². The van der Waals surface area contributed by atoms with E-state index in [0.29, 0.717) is 32.5 Å². The van der Waals surface area contributed by atoms with Gasteiger partial charge in [-0.05, 0) is 27.4 Å². The van der Waals surface area contributed by atoms with Crippen molar-refractivity contribution in [2.75, 3.05) is 33.8 Å². The zero-order valence-electron chi connectivity index (χ0n) is 15.8. The number of amides is 1. The lowest BCUT2D eigenvalue weighted by atomic mass is 10.0. The maximum Gasteiger partial charge on any atom is 0.222 e. The minimum atomic E-state index is -0.197. The summed E-state index contributed by atoms with van der Waals surface area (Å²) in [6, 6.07) is -0.197. The maximum absolute atomic E-state index is 12.7. The van der Waals surface area contributed by atoms with Gasteiger partial charge in [0.25, 0.3) is 0 Å². The molecule has 0 unspecified atom stereocenters. The molecule has 2 bridgehead atoms. The summed E-state index contributed by atoms with van der Waals surface area (Å²) in [5, 5.41) is 17.8. The lowest BCUT2D eigenvalue weighted by Gasteiger charge is -2.34. The number of aliphatic hydroxyl groups is 1. The van der Waals surface area contributed by atoms with Crippen molar-refractivity contribution in [3.63, 3.8) is 0 Å². The highest BCUT2D eigenvalue weighted by Crippen LogP contribution is 2.17. The fourth-order valence-electron chi connectivity index (χ4n) is 3.05. The van der Waals surface area contributed by atoms with E-state index in [1.807, 2.05) is 27.2 Å². The number of hydrogen-bond acceptors (Lipinski definition) is 6. The van der Waals surface area contributed by atoms with Crippen LogP contribution in [0.1, 0.15) is 32.4 Å². The molecule has 8 heteroatoms. The van der Waals surface area contributed by atoms with Crippen LogP contribution in [-0.4, -0.2) is 81.7 Å². The van der Waals surface area contributed by atoms with Gasteiger partial charge < -0.3 is 19.6 Å². The van der Waals surface area contributed by atoms with Gasteiger partial charge in [-0.15, -0.1) is 5.10 Å². The Kier molecular flexibility index (Phi) is 7.34. The predicted molar refractivity (Wildman–Crippen MR) is 93.8 cm³/mol. The van der Waals surface area contributed by atoms with Crippen LogP contribution in [0.4, 0.5) is 0 Å². The number of fused-ring (bicyclic) bond motifs is 2. The summed E-state index contributed by atoms with van der Waals surface area (Å²) in [5.41, 5.74) is 0.808. The van der Waals surface area contributed by atoms with Crippen molar-refractivity contribution in [3.05, 3.63) is 11.9 Å². The van der Waals surface area contributed by atoms with Gasteiger partial charge in [0.1, 0.15) is 5.69 Å². The summed E-state index contributed by atoms with van der Waals surface area (Å²) in [6.07, 6.45) is 2.98. The number of carbonyl (C=O) groups is 1. The maximum atomic E-state index is 12.7. The molecule has 2 rings (SSSR count). The van der Waals surface area contributed by atoms with Crippen molar-refractivity contribution in [2.45, 2.75) is 52.0 Å². The van der Waals surface area contributed by atoms with Crippen LogP contribution in [0.2, 0.25) is 0 Å². The number of rotatable bonds is 4. The lowest BCUT2D eigenvalue weighted by Crippen LogP contribution is -2.46. The van der Waals surface area contributed by atoms with Crippen molar-refractivity contribution < 1.29 is 14.6 Å². The van der Waals surface area contributed by atoms with E-state index in [1.165, 1.54) is 0 Å². The van der Waals surface area contributed by atoms with Gasteiger partial charge in [-0.25, -0.2) is 0 Å². The Labute approximate surface area is 149 Å². The van der Waals surface area contributed by atoms with Crippen LogP contribution in [0.5, 0.6) is 0 Å². The Hall–Kier alpha value is -1.51. The van der Waals surface area contributed by atoms with Gasteiger partial charge in [-0.3, -0.25) is 9.48 Å². The molecule has 3 atom stereocenters. The largest absolute Gasteiger partial charge is 0.394 e. The molecule has 2 heterocycles. The number of likely N-dealkylation sites (N-methyl/N-ethyl adjacent to an activating group) is 1. The zero-order chi connectivity index (χ0) is 18.4. The van der Waals surface area contributed by atoms with Gasteiger partial charge in [0.05, 0.1) is 31.6 Å². The van der Waals surface area contributed by atoms with Crippen LogP contribution in [0.3, 0.4) is 0 Å². The topological polar surface area (TPSA) is 83.7 Å². The van der Waals surface area contributed by atoms with Crippen molar-refractivity contribution in [1.29, 1.82) is 0 Å². The molecule has 0 saturated carbocycles. The highest BCUT2D eigenvalue weighted by atomic mass is 16.5. The average Bonchev–Trinajstić information content (AvgIpc) is 3.02. The number of carbonyl (C=O) groups excluding carboxylic acids is 1. The van der Waals surface area contributed by atoms with E-state index < -0.39 is 0 Å². The van der Waals surface area contributed by atoms with Crippen LogP contribution < -0.4 is 0 Å². The third kappa shape index (κ3) is 5.76. The van der Waals surface area contributed by atoms with Gasteiger partial charge in [0.2, 0.25) is 5.91 Å². The second-order valence-electron chi connectivity index (χ2n) is 7.24. The monoisotopic (exact) mass is 353 g/mol. The Balaban J connectivity index is 2.20. The molecule has 25 heavy (non-hydrogen) atoms. The molecular formula is C17H31N5O3. The summed E-state index contributed by atoms with van der Waals surface area (Å²) < 4.78 is 7.87. The first kappa shape index (κ1) is 19.8. The van der Waals surface area contributed by atoms with E-state index >= 15 is 0 Å². The molecule has 0 spiro atoms. The average molecular weight is 353 g/mol. The van der Waals surface area contributed by atoms with Gasteiger partial charge in [0.15, 0.2) is 0 Å². The number of aromatic nitrogens is 3. The normalized spacial score (nSPS) is 24.6. The third-order valence-electron chi connectivity index (χ3n) is 4.59. The zero-order valence-corrected chi connectivity index (χ0v) is 15.8. The summed E-state index contributed by atoms with van der Waals surface area (Å²) in [7, 11) is 4.01. The third-order valence-corrected chi connectivity index (χ3v) is 4.59. The van der Waals surface area contributed by atoms with Gasteiger partial charge in [-0.2, -0.15) is 0 Å². The first-order valence-corrected chi connectivity index (χ1v) is 8.96. The lowest BCUT2D eigenvalue weighted by molar-refractivity contribution is -0.136. The number of aryl methyl sites for hydroxylation is 1. The smallest absolute Gasteiger partial charge is 0.222 e. The second kappa shape index (κ2) is 9.26. The second-order valence-corrected chi connectivity index (χ2v) is 7.24. The number of nitrogens with zero attached hydrogens (tertiary/aromatic N) is 5. The minimum Gasteiger partial charge on any atom is -0.394 e. The van der Waals surface area contributed by atoms with E-state index in [-0.39, 0.29) is 30.6 Å². The molecule has 0 aromatic carbocycles. The summed E-state index contributed by atoms with van der Waals surface area (Å²) in [5.74, 6) is 0.202. The highest BCUT2D eigenvalue weighted by Gasteiger charge is 2.27. The molecule has 8 nitrogen and oxygen atoms in total. The van der Waals surface area contributed by atoms with Gasteiger partial charge in [-0.1, -0.05) is 12.1 Å². The molecule has 1 aliphatic rings. The summed E-state index contributed by atoms with van der Waals surface area (Å²) in [4.78, 5) is 16.5. The fourth-order valence-corrected chi connectivity index (χ4v) is 3.05. The van der Waals surface area contributed by atoms with Crippen molar-refractivity contribution in [3.8, 4) is 0 Å². The predicted octanol–water partition coefficient (Wildman–Crippen LogP) is 0.364. The molecular weight excluding hydrogens is 322 g/mol. The summed E-state index contributed by atoms with van der Waals surface area (Å²) >= 11 is 0. The minimum absolute atomic E-state index is 0.0380. The number of ether oxygens (including phenoxy) is 1. The molecule has 1 N–H and O–H groups in total. The quantitative estimate of drug-likeness (QED) is 0.842. The molecule has 1 aromatic rings. The van der Waals surface area contributed by atoms with Crippen molar-refractivity contribution in [1.82, 2.24) is 24.8 Å². The molecule has 1 amide bonds. The van der Waals surface area contributed by atoms with E-state index in [9.17, 15) is 9.90 Å². The molecule has 1 aromatic heterocycles. The van der Waals surface area contributed by atoms with Crippen LogP contribution in [-0.2, 0) is 22.7 Å². The van der Waals surface area contributed by atoms with E-state index in [0.717, 1.165) is 12.2 Å². The number of aliphatic hydroxyl groups excluding tert-OH is 1. The fraction of sp³-hybridized carbons (Fsp3) is 0.824. The first-order chi connectivity index (χ1) is 11.9. The Morgan fingerprint density at radius 3 is 2.92 bits per heavy atom. The first-order valence-electron chi connectivity index (χ1n) is 8.96. The standard InChI is InChI=1S/C17H31N5O3/c1-13-8-22(14(2)11-23)17(24)6-5-7-21-9-15(18-19-21)12-25-16(13)10-20(3)4/h9,13-14,16,23H,5-8,10-12H2,1-4H3/t13-,14-,16+/m1/s1. The van der Waals surface area contributed by atoms with E-state index in [2.05, 4.69) is 22.1 Å². The Morgan fingerprint density at radius 1 is 1.48 bits per heavy atom.